The lowest BCUT2D eigenvalue weighted by molar-refractivity contribution is 0.00493. The van der Waals surface area contributed by atoms with Crippen LogP contribution in [0.4, 0.5) is 5.69 Å². The summed E-state index contributed by atoms with van der Waals surface area (Å²) in [5.74, 6) is 0.388. The summed E-state index contributed by atoms with van der Waals surface area (Å²) in [6.45, 7) is 6.07. The molecule has 210 valence electrons. The minimum absolute atomic E-state index is 0.268. The number of carbonyl (C=O) groups is 1. The van der Waals surface area contributed by atoms with Gasteiger partial charge in [0.2, 0.25) is 0 Å². The summed E-state index contributed by atoms with van der Waals surface area (Å²) in [6, 6.07) is 10.7. The number of methoxy groups -OCH3 is 1. The van der Waals surface area contributed by atoms with Crippen LogP contribution in [0.2, 0.25) is 0 Å². The second-order valence-corrected chi connectivity index (χ2v) is 10.6. The maximum atomic E-state index is 13.1. The summed E-state index contributed by atoms with van der Waals surface area (Å²) in [5, 5.41) is 17.5. The number of ether oxygens (including phenoxy) is 2. The molecule has 0 atom stereocenters. The number of aryl methyl sites for hydroxylation is 1. The van der Waals surface area contributed by atoms with Crippen LogP contribution in [0.15, 0.2) is 42.9 Å². The Hall–Kier alpha value is -3.65. The molecule has 10 heteroatoms. The zero-order valence-electron chi connectivity index (χ0n) is 23.3. The van der Waals surface area contributed by atoms with Crippen LogP contribution in [-0.2, 0) is 21.3 Å². The highest BCUT2D eigenvalue weighted by Crippen LogP contribution is 2.40. The van der Waals surface area contributed by atoms with Crippen molar-refractivity contribution in [1.29, 1.82) is 5.26 Å². The third-order valence-corrected chi connectivity index (χ3v) is 8.19. The lowest BCUT2D eigenvalue weighted by atomic mass is 9.71. The van der Waals surface area contributed by atoms with Crippen LogP contribution in [0.25, 0.3) is 5.82 Å². The Balaban J connectivity index is 1.21. The van der Waals surface area contributed by atoms with Gasteiger partial charge in [0.1, 0.15) is 0 Å². The quantitative estimate of drug-likeness (QED) is 0.405. The van der Waals surface area contributed by atoms with Gasteiger partial charge < -0.3 is 14.8 Å². The number of rotatable bonds is 9. The Morgan fingerprint density at radius 3 is 2.60 bits per heavy atom. The molecular weight excluding hydrogens is 506 g/mol. The Morgan fingerprint density at radius 1 is 1.15 bits per heavy atom. The van der Waals surface area contributed by atoms with Crippen molar-refractivity contribution in [1.82, 2.24) is 24.6 Å². The number of pyridine rings is 2. The first-order valence-corrected chi connectivity index (χ1v) is 14.0. The second kappa shape index (κ2) is 12.7. The van der Waals surface area contributed by atoms with E-state index in [1.54, 1.807) is 24.2 Å². The zero-order chi connectivity index (χ0) is 28.0. The predicted octanol–water partition coefficient (Wildman–Crippen LogP) is 3.84. The summed E-state index contributed by atoms with van der Waals surface area (Å²) in [7, 11) is 1.70. The molecule has 0 bridgehead atoms. The van der Waals surface area contributed by atoms with Crippen LogP contribution in [-0.4, -0.2) is 76.6 Å². The van der Waals surface area contributed by atoms with Gasteiger partial charge in [-0.3, -0.25) is 14.7 Å². The zero-order valence-corrected chi connectivity index (χ0v) is 23.3. The number of nitriles is 1. The number of nitrogens with zero attached hydrogens (tertiary/aromatic N) is 6. The van der Waals surface area contributed by atoms with E-state index in [2.05, 4.69) is 31.4 Å². The van der Waals surface area contributed by atoms with Gasteiger partial charge in [0.25, 0.3) is 5.91 Å². The average molecular weight is 544 g/mol. The van der Waals surface area contributed by atoms with Gasteiger partial charge in [-0.1, -0.05) is 6.07 Å². The number of hydrogen-bond donors (Lipinski definition) is 1. The average Bonchev–Trinajstić information content (AvgIpc) is 3.39. The molecule has 1 aliphatic carbocycles. The van der Waals surface area contributed by atoms with Crippen molar-refractivity contribution in [3.05, 3.63) is 65.4 Å². The number of amides is 1. The first-order chi connectivity index (χ1) is 19.5. The molecule has 0 spiro atoms. The molecule has 3 aromatic heterocycles. The number of hydrogen-bond acceptors (Lipinski definition) is 8. The van der Waals surface area contributed by atoms with E-state index in [0.717, 1.165) is 76.1 Å². The van der Waals surface area contributed by atoms with Crippen molar-refractivity contribution < 1.29 is 14.3 Å². The van der Waals surface area contributed by atoms with Gasteiger partial charge in [0, 0.05) is 39.0 Å². The van der Waals surface area contributed by atoms with Gasteiger partial charge in [-0.05, 0) is 69.2 Å². The predicted molar refractivity (Wildman–Crippen MR) is 150 cm³/mol. The van der Waals surface area contributed by atoms with E-state index >= 15 is 0 Å². The van der Waals surface area contributed by atoms with E-state index < -0.39 is 5.41 Å². The van der Waals surface area contributed by atoms with E-state index in [0.29, 0.717) is 35.4 Å². The Bertz CT molecular complexity index is 1320. The number of morpholine rings is 1. The van der Waals surface area contributed by atoms with Gasteiger partial charge in [-0.15, -0.1) is 0 Å². The molecule has 4 heterocycles. The molecule has 0 aromatic carbocycles. The number of anilines is 1. The van der Waals surface area contributed by atoms with Crippen molar-refractivity contribution in [3.8, 4) is 11.9 Å². The van der Waals surface area contributed by atoms with Crippen molar-refractivity contribution in [3.63, 3.8) is 0 Å². The SMILES string of the molecule is COCCCc1ccc(-n2ncc(C(=O)Nc3ccc([C@]4(C#N)CC[C@@H](N5CCOCC5)CC4)nc3)c2C)nc1. The molecule has 0 radical (unpaired) electrons. The highest BCUT2D eigenvalue weighted by atomic mass is 16.5. The summed E-state index contributed by atoms with van der Waals surface area (Å²) in [5.41, 5.74) is 3.05. The lowest BCUT2D eigenvalue weighted by Crippen LogP contribution is -2.47. The molecule has 1 amide bonds. The second-order valence-electron chi connectivity index (χ2n) is 10.6. The molecule has 1 saturated carbocycles. The minimum atomic E-state index is -0.588. The van der Waals surface area contributed by atoms with Crippen LogP contribution in [0.1, 0.15) is 59.4 Å². The Labute approximate surface area is 235 Å². The normalized spacial score (nSPS) is 21.6. The number of aromatic nitrogens is 4. The Kier molecular flexibility index (Phi) is 8.85. The van der Waals surface area contributed by atoms with Crippen LogP contribution in [0.3, 0.4) is 0 Å². The summed E-state index contributed by atoms with van der Waals surface area (Å²) >= 11 is 0. The monoisotopic (exact) mass is 543 g/mol. The van der Waals surface area contributed by atoms with Crippen molar-refractivity contribution >= 4 is 11.6 Å². The highest BCUT2D eigenvalue weighted by molar-refractivity contribution is 6.04. The summed E-state index contributed by atoms with van der Waals surface area (Å²) in [4.78, 5) is 24.7. The van der Waals surface area contributed by atoms with E-state index in [4.69, 9.17) is 9.47 Å². The molecule has 1 aliphatic heterocycles. The fourth-order valence-corrected chi connectivity index (χ4v) is 5.75. The van der Waals surface area contributed by atoms with Gasteiger partial charge in [-0.2, -0.15) is 10.4 Å². The van der Waals surface area contributed by atoms with Crippen molar-refractivity contribution in [2.75, 3.05) is 45.3 Å². The fourth-order valence-electron chi connectivity index (χ4n) is 5.75. The summed E-state index contributed by atoms with van der Waals surface area (Å²) < 4.78 is 12.3. The minimum Gasteiger partial charge on any atom is -0.385 e. The van der Waals surface area contributed by atoms with Crippen LogP contribution < -0.4 is 5.32 Å². The van der Waals surface area contributed by atoms with E-state index in [1.807, 2.05) is 37.4 Å². The topological polar surface area (TPSA) is 118 Å². The third-order valence-electron chi connectivity index (χ3n) is 8.19. The molecule has 1 saturated heterocycles. The van der Waals surface area contributed by atoms with E-state index in [9.17, 15) is 10.1 Å². The van der Waals surface area contributed by atoms with Crippen molar-refractivity contribution in [2.45, 2.75) is 56.9 Å². The molecule has 3 aromatic rings. The van der Waals surface area contributed by atoms with Gasteiger partial charge in [-0.25, -0.2) is 9.67 Å². The maximum absolute atomic E-state index is 13.1. The molecule has 0 unspecified atom stereocenters. The van der Waals surface area contributed by atoms with Crippen LogP contribution in [0, 0.1) is 18.3 Å². The van der Waals surface area contributed by atoms with Gasteiger partial charge in [0.15, 0.2) is 5.82 Å². The maximum Gasteiger partial charge on any atom is 0.259 e. The Morgan fingerprint density at radius 2 is 1.95 bits per heavy atom. The standard InChI is InChI=1S/C30H37N7O3/c1-22-26(20-34-37(22)28-8-5-23(18-33-28)4-3-15-39-2)29(38)35-24-6-7-27(32-19-24)30(21-31)11-9-25(10-12-30)36-13-16-40-17-14-36/h5-8,18-20,25H,3-4,9-17H2,1-2H3,(H,35,38)/t25-,30-. The molecule has 2 aliphatic rings. The smallest absolute Gasteiger partial charge is 0.259 e. The van der Waals surface area contributed by atoms with Crippen LogP contribution >= 0.6 is 0 Å². The van der Waals surface area contributed by atoms with Gasteiger partial charge in [0.05, 0.1) is 59.7 Å². The van der Waals surface area contributed by atoms with Gasteiger partial charge >= 0.3 is 0 Å². The lowest BCUT2D eigenvalue weighted by Gasteiger charge is -2.41. The molecular formula is C30H37N7O3. The molecule has 10 nitrogen and oxygen atoms in total. The molecule has 40 heavy (non-hydrogen) atoms. The van der Waals surface area contributed by atoms with Crippen LogP contribution in [0.5, 0.6) is 0 Å². The highest BCUT2D eigenvalue weighted by Gasteiger charge is 2.40. The third kappa shape index (κ3) is 6.07. The fraction of sp³-hybridized carbons (Fsp3) is 0.500. The number of carbonyl (C=O) groups excluding carboxylic acids is 1. The molecule has 5 rings (SSSR count). The van der Waals surface area contributed by atoms with E-state index in [1.165, 1.54) is 0 Å². The summed E-state index contributed by atoms with van der Waals surface area (Å²) in [6.07, 6.45) is 10.4. The number of nitrogens with one attached hydrogen (secondary N) is 1. The van der Waals surface area contributed by atoms with E-state index in [-0.39, 0.29) is 5.91 Å². The molecule has 2 fully saturated rings. The largest absolute Gasteiger partial charge is 0.385 e. The molecule has 1 N–H and O–H groups in total. The first kappa shape index (κ1) is 27.9. The first-order valence-electron chi connectivity index (χ1n) is 14.0. The van der Waals surface area contributed by atoms with Crippen molar-refractivity contribution in [2.24, 2.45) is 0 Å².